The van der Waals surface area contributed by atoms with Crippen LogP contribution in [0.5, 0.6) is 0 Å². The van der Waals surface area contributed by atoms with E-state index in [0.29, 0.717) is 17.8 Å². The van der Waals surface area contributed by atoms with Crippen LogP contribution < -0.4 is 10.6 Å². The molecule has 2 saturated carbocycles. The molecule has 3 aliphatic carbocycles. The van der Waals surface area contributed by atoms with Crippen molar-refractivity contribution in [1.29, 1.82) is 0 Å². The quantitative estimate of drug-likeness (QED) is 0.523. The third-order valence-corrected chi connectivity index (χ3v) is 11.4. The molecule has 7 atom stereocenters. The highest BCUT2D eigenvalue weighted by molar-refractivity contribution is 5.97. The number of allylic oxidation sites excluding steroid dienone is 1. The number of rotatable bonds is 3. The average Bonchev–Trinajstić information content (AvgIpc) is 3.14. The normalized spacial score (nSPS) is 40.1. The molecule has 200 valence electrons. The number of hydrogen-bond acceptors (Lipinski definition) is 3. The molecule has 5 heteroatoms. The minimum Gasteiger partial charge on any atom is -0.378 e. The highest BCUT2D eigenvalue weighted by Crippen LogP contribution is 2.66. The van der Waals surface area contributed by atoms with Gasteiger partial charge in [-0.05, 0) is 78.7 Å². The van der Waals surface area contributed by atoms with E-state index in [4.69, 9.17) is 0 Å². The van der Waals surface area contributed by atoms with Gasteiger partial charge in [-0.15, -0.1) is 0 Å². The number of para-hydroxylation sites is 1. The average molecular weight is 504 g/mol. The summed E-state index contributed by atoms with van der Waals surface area (Å²) < 4.78 is 0. The van der Waals surface area contributed by atoms with Gasteiger partial charge in [0.15, 0.2) is 0 Å². The zero-order valence-corrected chi connectivity index (χ0v) is 23.6. The number of nitrogens with zero attached hydrogens (tertiary/aromatic N) is 1. The van der Waals surface area contributed by atoms with Crippen LogP contribution in [0.4, 0.5) is 5.69 Å². The van der Waals surface area contributed by atoms with Crippen molar-refractivity contribution in [3.8, 4) is 0 Å². The van der Waals surface area contributed by atoms with Crippen LogP contribution in [-0.2, 0) is 15.0 Å². The molecule has 0 spiro atoms. The number of anilines is 1. The molecule has 1 unspecified atom stereocenters. The van der Waals surface area contributed by atoms with Gasteiger partial charge in [0.1, 0.15) is 12.1 Å². The molecule has 1 saturated heterocycles. The van der Waals surface area contributed by atoms with Crippen LogP contribution in [0.3, 0.4) is 0 Å². The predicted octanol–water partition coefficient (Wildman–Crippen LogP) is 5.66. The molecule has 2 N–H and O–H groups in total. The summed E-state index contributed by atoms with van der Waals surface area (Å²) in [5.41, 5.74) is 4.59. The van der Waals surface area contributed by atoms with Gasteiger partial charge in [-0.3, -0.25) is 9.59 Å². The second-order valence-electron chi connectivity index (χ2n) is 14.2. The van der Waals surface area contributed by atoms with Crippen molar-refractivity contribution in [2.75, 3.05) is 12.4 Å². The topological polar surface area (TPSA) is 61.4 Å². The smallest absolute Gasteiger partial charge is 0.245 e. The number of likely N-dealkylation sites (N-methyl/N-ethyl adjacent to an activating group) is 1. The lowest BCUT2D eigenvalue weighted by Crippen LogP contribution is -2.65. The van der Waals surface area contributed by atoms with Gasteiger partial charge in [-0.25, -0.2) is 0 Å². The van der Waals surface area contributed by atoms with Gasteiger partial charge in [0, 0.05) is 18.2 Å². The zero-order valence-electron chi connectivity index (χ0n) is 23.6. The molecule has 5 aliphatic rings. The molecular formula is C32H45N3O2. The molecule has 2 heterocycles. The van der Waals surface area contributed by atoms with E-state index < -0.39 is 12.1 Å². The number of benzene rings is 1. The third-order valence-electron chi connectivity index (χ3n) is 11.4. The summed E-state index contributed by atoms with van der Waals surface area (Å²) in [4.78, 5) is 28.6. The number of hydrogen-bond donors (Lipinski definition) is 2. The number of fused-ring (bicyclic) bond motifs is 6. The van der Waals surface area contributed by atoms with Crippen LogP contribution in [-0.4, -0.2) is 41.9 Å². The Morgan fingerprint density at radius 1 is 1.08 bits per heavy atom. The molecule has 5 nitrogen and oxygen atoms in total. The van der Waals surface area contributed by atoms with Crippen molar-refractivity contribution >= 4 is 17.5 Å². The SMILES string of the molecule is CC(C)[C@H]1C(=O)NC(C[C@]23C[C@H]4C(=C[C@H]2Nc2ccccc23)CC[C@H]2C(C)(C)CCC[C@]42C)C(=O)N1C. The molecule has 37 heavy (non-hydrogen) atoms. The number of piperazine rings is 1. The van der Waals surface area contributed by atoms with Crippen LogP contribution in [0.25, 0.3) is 0 Å². The van der Waals surface area contributed by atoms with Gasteiger partial charge in [0.25, 0.3) is 0 Å². The summed E-state index contributed by atoms with van der Waals surface area (Å²) >= 11 is 0. The van der Waals surface area contributed by atoms with Crippen molar-refractivity contribution in [3.63, 3.8) is 0 Å². The minimum atomic E-state index is -0.493. The van der Waals surface area contributed by atoms with Crippen molar-refractivity contribution < 1.29 is 9.59 Å². The maximum absolute atomic E-state index is 13.7. The minimum absolute atomic E-state index is 0.0138. The van der Waals surface area contributed by atoms with Gasteiger partial charge in [-0.2, -0.15) is 0 Å². The number of nitrogens with one attached hydrogen (secondary N) is 2. The van der Waals surface area contributed by atoms with E-state index in [-0.39, 0.29) is 34.6 Å². The maximum atomic E-state index is 13.7. The van der Waals surface area contributed by atoms with Crippen molar-refractivity contribution in [2.45, 2.75) is 103 Å². The third kappa shape index (κ3) is 3.55. The Morgan fingerprint density at radius 3 is 2.59 bits per heavy atom. The molecule has 0 radical (unpaired) electrons. The van der Waals surface area contributed by atoms with Gasteiger partial charge in [-0.1, -0.05) is 70.9 Å². The monoisotopic (exact) mass is 503 g/mol. The molecule has 1 aromatic rings. The molecule has 2 aliphatic heterocycles. The Bertz CT molecular complexity index is 1150. The molecule has 0 bridgehead atoms. The van der Waals surface area contributed by atoms with Crippen LogP contribution in [0.2, 0.25) is 0 Å². The maximum Gasteiger partial charge on any atom is 0.245 e. The van der Waals surface area contributed by atoms with E-state index in [1.165, 1.54) is 43.4 Å². The molecule has 2 amide bonds. The number of amides is 2. The van der Waals surface area contributed by atoms with E-state index in [1.54, 1.807) is 10.5 Å². The summed E-state index contributed by atoms with van der Waals surface area (Å²) in [5, 5.41) is 7.04. The fourth-order valence-corrected chi connectivity index (χ4v) is 9.76. The first-order valence-corrected chi connectivity index (χ1v) is 14.6. The summed E-state index contributed by atoms with van der Waals surface area (Å²) in [7, 11) is 1.81. The molecule has 3 fully saturated rings. The van der Waals surface area contributed by atoms with Crippen LogP contribution >= 0.6 is 0 Å². The lowest BCUT2D eigenvalue weighted by molar-refractivity contribution is -0.150. The Labute approximate surface area is 222 Å². The van der Waals surface area contributed by atoms with Crippen molar-refractivity contribution in [1.82, 2.24) is 10.2 Å². The first kappa shape index (κ1) is 25.0. The number of carbonyl (C=O) groups excluding carboxylic acids is 2. The highest BCUT2D eigenvalue weighted by Gasteiger charge is 2.60. The summed E-state index contributed by atoms with van der Waals surface area (Å²) in [5.74, 6) is 1.37. The first-order valence-electron chi connectivity index (χ1n) is 14.6. The van der Waals surface area contributed by atoms with E-state index in [0.717, 1.165) is 12.3 Å². The van der Waals surface area contributed by atoms with Crippen molar-refractivity contribution in [3.05, 3.63) is 41.5 Å². The lowest BCUT2D eigenvalue weighted by Gasteiger charge is -2.61. The van der Waals surface area contributed by atoms with Gasteiger partial charge >= 0.3 is 0 Å². The molecule has 6 rings (SSSR count). The standard InChI is InChI=1S/C32H45N3O2/c1-19(2)27-28(36)34-24(29(37)35(27)6)18-32-17-22-20(16-26(32)33-23-11-8-7-10-21(23)32)12-13-25-30(3,4)14-9-15-31(22,25)5/h7-8,10-11,16,19,22,24-27,33H,9,12-15,17-18H2,1-6H3,(H,34,36)/t22-,24?,25-,26+,27-,31+,32-/m0/s1. The Balaban J connectivity index is 1.41. The fraction of sp³-hybridized carbons (Fsp3) is 0.688. The molecule has 0 aromatic heterocycles. The second-order valence-corrected chi connectivity index (χ2v) is 14.2. The van der Waals surface area contributed by atoms with E-state index in [9.17, 15) is 9.59 Å². The lowest BCUT2D eigenvalue weighted by atomic mass is 9.44. The Morgan fingerprint density at radius 2 is 1.84 bits per heavy atom. The summed E-state index contributed by atoms with van der Waals surface area (Å²) in [6, 6.07) is 7.97. The molecule has 1 aromatic carbocycles. The summed E-state index contributed by atoms with van der Waals surface area (Å²) in [6.45, 7) is 11.6. The fourth-order valence-electron chi connectivity index (χ4n) is 9.76. The van der Waals surface area contributed by atoms with Crippen LogP contribution in [0.1, 0.15) is 85.1 Å². The first-order chi connectivity index (χ1) is 17.5. The van der Waals surface area contributed by atoms with Gasteiger partial charge < -0.3 is 15.5 Å². The van der Waals surface area contributed by atoms with E-state index >= 15 is 0 Å². The zero-order chi connectivity index (χ0) is 26.3. The molecular weight excluding hydrogens is 458 g/mol. The Kier molecular flexibility index (Phi) is 5.64. The van der Waals surface area contributed by atoms with E-state index in [2.05, 4.69) is 61.7 Å². The van der Waals surface area contributed by atoms with E-state index in [1.807, 2.05) is 20.9 Å². The van der Waals surface area contributed by atoms with Crippen molar-refractivity contribution in [2.24, 2.45) is 28.6 Å². The summed E-state index contributed by atoms with van der Waals surface area (Å²) in [6.07, 6.45) is 10.6. The predicted molar refractivity (Wildman–Crippen MR) is 148 cm³/mol. The Hall–Kier alpha value is -2.30. The van der Waals surface area contributed by atoms with Gasteiger partial charge in [0.05, 0.1) is 6.04 Å². The number of carbonyl (C=O) groups is 2. The van der Waals surface area contributed by atoms with Gasteiger partial charge in [0.2, 0.25) is 11.8 Å². The van der Waals surface area contributed by atoms with Crippen LogP contribution in [0.15, 0.2) is 35.9 Å². The largest absolute Gasteiger partial charge is 0.378 e. The second kappa shape index (κ2) is 8.35. The van der Waals surface area contributed by atoms with Crippen LogP contribution in [0, 0.1) is 28.6 Å². The highest BCUT2D eigenvalue weighted by atomic mass is 16.2.